The zero-order valence-electron chi connectivity index (χ0n) is 7.37. The summed E-state index contributed by atoms with van der Waals surface area (Å²) in [6.45, 7) is 0.442. The first kappa shape index (κ1) is 8.07. The minimum absolute atomic E-state index is 0.00898. The highest BCUT2D eigenvalue weighted by molar-refractivity contribution is 5.81. The quantitative estimate of drug-likeness (QED) is 0.659. The Morgan fingerprint density at radius 2 is 2.31 bits per heavy atom. The molecule has 1 aromatic heterocycles. The van der Waals surface area contributed by atoms with Gasteiger partial charge in [-0.1, -0.05) is 12.1 Å². The number of para-hydroxylation sites is 1. The summed E-state index contributed by atoms with van der Waals surface area (Å²) in [4.78, 5) is 11.5. The SMILES string of the molecule is Cn1[nH]c2c(CN)cccc2c1=O. The first-order valence-corrected chi connectivity index (χ1v) is 4.10. The molecule has 0 fully saturated rings. The second-order valence-electron chi connectivity index (χ2n) is 3.02. The molecular weight excluding hydrogens is 166 g/mol. The predicted octanol–water partition coefficient (Wildman–Crippen LogP) is 0.325. The molecule has 0 radical (unpaired) electrons. The lowest BCUT2D eigenvalue weighted by molar-refractivity contribution is 0.749. The monoisotopic (exact) mass is 177 g/mol. The van der Waals surface area contributed by atoms with Crippen molar-refractivity contribution >= 4 is 10.9 Å². The largest absolute Gasteiger partial charge is 0.326 e. The minimum atomic E-state index is -0.00898. The topological polar surface area (TPSA) is 63.8 Å². The van der Waals surface area contributed by atoms with E-state index in [1.807, 2.05) is 12.1 Å². The lowest BCUT2D eigenvalue weighted by Crippen LogP contribution is -2.10. The van der Waals surface area contributed by atoms with E-state index in [0.29, 0.717) is 11.9 Å². The van der Waals surface area contributed by atoms with E-state index in [1.165, 1.54) is 4.68 Å². The molecule has 2 aromatic rings. The Kier molecular flexibility index (Phi) is 1.70. The van der Waals surface area contributed by atoms with E-state index >= 15 is 0 Å². The van der Waals surface area contributed by atoms with Gasteiger partial charge in [-0.05, 0) is 11.6 Å². The van der Waals surface area contributed by atoms with Gasteiger partial charge in [-0.15, -0.1) is 0 Å². The van der Waals surface area contributed by atoms with E-state index in [0.717, 1.165) is 11.1 Å². The van der Waals surface area contributed by atoms with Crippen LogP contribution in [0.15, 0.2) is 23.0 Å². The number of H-pyrrole nitrogens is 1. The Morgan fingerprint density at radius 3 is 3.00 bits per heavy atom. The van der Waals surface area contributed by atoms with Crippen LogP contribution in [0.5, 0.6) is 0 Å². The van der Waals surface area contributed by atoms with Crippen molar-refractivity contribution in [3.8, 4) is 0 Å². The zero-order valence-corrected chi connectivity index (χ0v) is 7.37. The van der Waals surface area contributed by atoms with E-state index in [1.54, 1.807) is 13.1 Å². The van der Waals surface area contributed by atoms with Crippen molar-refractivity contribution in [2.45, 2.75) is 6.54 Å². The van der Waals surface area contributed by atoms with Crippen LogP contribution in [0.25, 0.3) is 10.9 Å². The number of fused-ring (bicyclic) bond motifs is 1. The lowest BCUT2D eigenvalue weighted by atomic mass is 10.1. The standard InChI is InChI=1S/C9H11N3O/c1-12-9(13)7-4-2-3-6(5-10)8(7)11-12/h2-4,11H,5,10H2,1H3. The lowest BCUT2D eigenvalue weighted by Gasteiger charge is -1.96. The first-order chi connectivity index (χ1) is 6.24. The summed E-state index contributed by atoms with van der Waals surface area (Å²) in [5.41, 5.74) is 7.35. The van der Waals surface area contributed by atoms with E-state index < -0.39 is 0 Å². The number of nitrogens with one attached hydrogen (secondary N) is 1. The molecule has 0 aliphatic heterocycles. The van der Waals surface area contributed by atoms with Crippen molar-refractivity contribution in [3.63, 3.8) is 0 Å². The molecule has 1 aromatic carbocycles. The molecule has 0 aliphatic carbocycles. The molecule has 3 N–H and O–H groups in total. The highest BCUT2D eigenvalue weighted by Gasteiger charge is 2.05. The van der Waals surface area contributed by atoms with Gasteiger partial charge in [0, 0.05) is 13.6 Å². The van der Waals surface area contributed by atoms with Crippen LogP contribution in [0.3, 0.4) is 0 Å². The maximum absolute atomic E-state index is 11.5. The number of hydrogen-bond donors (Lipinski definition) is 2. The molecule has 0 saturated heterocycles. The van der Waals surface area contributed by atoms with Gasteiger partial charge in [-0.25, -0.2) is 0 Å². The third kappa shape index (κ3) is 1.07. The number of aryl methyl sites for hydroxylation is 1. The third-order valence-corrected chi connectivity index (χ3v) is 2.19. The fourth-order valence-electron chi connectivity index (χ4n) is 1.48. The van der Waals surface area contributed by atoms with Crippen LogP contribution in [0.2, 0.25) is 0 Å². The summed E-state index contributed by atoms with van der Waals surface area (Å²) in [5, 5.41) is 3.67. The van der Waals surface area contributed by atoms with Crippen LogP contribution >= 0.6 is 0 Å². The van der Waals surface area contributed by atoms with Crippen LogP contribution in [0.1, 0.15) is 5.56 Å². The second kappa shape index (κ2) is 2.74. The van der Waals surface area contributed by atoms with Gasteiger partial charge >= 0.3 is 0 Å². The van der Waals surface area contributed by atoms with Crippen molar-refractivity contribution in [2.24, 2.45) is 12.8 Å². The van der Waals surface area contributed by atoms with Gasteiger partial charge in [0.05, 0.1) is 10.9 Å². The van der Waals surface area contributed by atoms with E-state index in [9.17, 15) is 4.79 Å². The number of aromatic nitrogens is 2. The van der Waals surface area contributed by atoms with Gasteiger partial charge in [0.15, 0.2) is 0 Å². The number of nitrogens with zero attached hydrogens (tertiary/aromatic N) is 1. The summed E-state index contributed by atoms with van der Waals surface area (Å²) < 4.78 is 1.46. The van der Waals surface area contributed by atoms with Crippen LogP contribution in [-0.2, 0) is 13.6 Å². The van der Waals surface area contributed by atoms with Gasteiger partial charge < -0.3 is 5.73 Å². The fraction of sp³-hybridized carbons (Fsp3) is 0.222. The van der Waals surface area contributed by atoms with Crippen LogP contribution in [-0.4, -0.2) is 9.78 Å². The molecule has 1 heterocycles. The van der Waals surface area contributed by atoms with Gasteiger partial charge in [0.1, 0.15) is 0 Å². The molecule has 68 valence electrons. The van der Waals surface area contributed by atoms with Crippen molar-refractivity contribution in [1.82, 2.24) is 9.78 Å². The van der Waals surface area contributed by atoms with Crippen molar-refractivity contribution < 1.29 is 0 Å². The van der Waals surface area contributed by atoms with Crippen LogP contribution in [0, 0.1) is 0 Å². The molecule has 0 aliphatic rings. The zero-order chi connectivity index (χ0) is 9.42. The molecule has 4 heteroatoms. The summed E-state index contributed by atoms with van der Waals surface area (Å²) in [7, 11) is 1.70. The smallest absolute Gasteiger partial charge is 0.274 e. The van der Waals surface area contributed by atoms with Crippen LogP contribution in [0.4, 0.5) is 0 Å². The Morgan fingerprint density at radius 1 is 1.54 bits per heavy atom. The Balaban J connectivity index is 2.93. The van der Waals surface area contributed by atoms with Gasteiger partial charge in [-0.3, -0.25) is 14.6 Å². The molecule has 0 unspecified atom stereocenters. The molecule has 0 amide bonds. The minimum Gasteiger partial charge on any atom is -0.326 e. The fourth-order valence-corrected chi connectivity index (χ4v) is 1.48. The average Bonchev–Trinajstić information content (AvgIpc) is 2.43. The maximum Gasteiger partial charge on any atom is 0.274 e. The summed E-state index contributed by atoms with van der Waals surface area (Å²) in [6, 6.07) is 5.56. The molecule has 13 heavy (non-hydrogen) atoms. The molecule has 2 rings (SSSR count). The molecular formula is C9H11N3O. The predicted molar refractivity (Wildman–Crippen MR) is 51.4 cm³/mol. The Hall–Kier alpha value is -1.55. The number of nitrogens with two attached hydrogens (primary N) is 1. The number of rotatable bonds is 1. The van der Waals surface area contributed by atoms with E-state index in [4.69, 9.17) is 5.73 Å². The molecule has 0 atom stereocenters. The van der Waals surface area contributed by atoms with E-state index in [-0.39, 0.29) is 5.56 Å². The molecule has 0 spiro atoms. The summed E-state index contributed by atoms with van der Waals surface area (Å²) in [5.74, 6) is 0. The first-order valence-electron chi connectivity index (χ1n) is 4.10. The summed E-state index contributed by atoms with van der Waals surface area (Å²) in [6.07, 6.45) is 0. The Bertz CT molecular complexity index is 495. The van der Waals surface area contributed by atoms with E-state index in [2.05, 4.69) is 5.10 Å². The van der Waals surface area contributed by atoms with Gasteiger partial charge in [-0.2, -0.15) is 0 Å². The van der Waals surface area contributed by atoms with Crippen molar-refractivity contribution in [2.75, 3.05) is 0 Å². The second-order valence-corrected chi connectivity index (χ2v) is 3.02. The van der Waals surface area contributed by atoms with Crippen molar-refractivity contribution in [3.05, 3.63) is 34.1 Å². The van der Waals surface area contributed by atoms with Gasteiger partial charge in [0.25, 0.3) is 5.56 Å². The van der Waals surface area contributed by atoms with Crippen LogP contribution < -0.4 is 11.3 Å². The molecule has 0 bridgehead atoms. The third-order valence-electron chi connectivity index (χ3n) is 2.19. The van der Waals surface area contributed by atoms with Gasteiger partial charge in [0.2, 0.25) is 0 Å². The molecule has 4 nitrogen and oxygen atoms in total. The number of benzene rings is 1. The normalized spacial score (nSPS) is 10.9. The Labute approximate surface area is 75.0 Å². The van der Waals surface area contributed by atoms with Crippen molar-refractivity contribution in [1.29, 1.82) is 0 Å². The maximum atomic E-state index is 11.5. The average molecular weight is 177 g/mol. The number of aromatic amines is 1. The number of hydrogen-bond acceptors (Lipinski definition) is 2. The highest BCUT2D eigenvalue weighted by Crippen LogP contribution is 2.12. The highest BCUT2D eigenvalue weighted by atomic mass is 16.1. The summed E-state index contributed by atoms with van der Waals surface area (Å²) >= 11 is 0. The molecule has 0 saturated carbocycles.